The Morgan fingerprint density at radius 1 is 0.789 bits per heavy atom. The van der Waals surface area contributed by atoms with Gasteiger partial charge in [-0.05, 0) is 27.7 Å². The smallest absolute Gasteiger partial charge is 0.351 e. The van der Waals surface area contributed by atoms with E-state index in [1.807, 2.05) is 27.7 Å². The number of hydrogen-bond donors (Lipinski definition) is 3. The van der Waals surface area contributed by atoms with Crippen molar-refractivity contribution in [3.8, 4) is 0 Å². The van der Waals surface area contributed by atoms with E-state index in [-0.39, 0.29) is 6.15 Å². The SMILES string of the molecule is CCO[Si](OCC)(OCC)OCC.N.O=S(=O)(O)O. The molecule has 0 aliphatic heterocycles. The molecule has 0 aromatic heterocycles. The Labute approximate surface area is 115 Å². The van der Waals surface area contributed by atoms with Crippen LogP contribution in [0.5, 0.6) is 0 Å². The highest BCUT2D eigenvalue weighted by atomic mass is 32.3. The van der Waals surface area contributed by atoms with Gasteiger partial charge in [-0.2, -0.15) is 8.42 Å². The fourth-order valence-corrected chi connectivity index (χ4v) is 2.87. The van der Waals surface area contributed by atoms with Crippen molar-refractivity contribution in [2.24, 2.45) is 0 Å². The van der Waals surface area contributed by atoms with Crippen LogP contribution in [0, 0.1) is 0 Å². The zero-order valence-electron chi connectivity index (χ0n) is 11.8. The molecule has 0 unspecified atom stereocenters. The van der Waals surface area contributed by atoms with Crippen molar-refractivity contribution in [1.82, 2.24) is 6.15 Å². The number of rotatable bonds is 8. The molecule has 0 aliphatic carbocycles. The van der Waals surface area contributed by atoms with Gasteiger partial charge >= 0.3 is 19.4 Å². The third-order valence-corrected chi connectivity index (χ3v) is 3.85. The predicted octanol–water partition coefficient (Wildman–Crippen LogP) is 1.08. The summed E-state index contributed by atoms with van der Waals surface area (Å²) < 4.78 is 53.3. The Hall–Kier alpha value is -0.113. The maximum absolute atomic E-state index is 8.74. The molecule has 19 heavy (non-hydrogen) atoms. The Morgan fingerprint density at radius 2 is 0.947 bits per heavy atom. The quantitative estimate of drug-likeness (QED) is 0.441. The topological polar surface area (TPSA) is 147 Å². The summed E-state index contributed by atoms with van der Waals surface area (Å²) in [6, 6.07) is 0. The summed E-state index contributed by atoms with van der Waals surface area (Å²) >= 11 is 0. The van der Waals surface area contributed by atoms with Gasteiger partial charge in [0.2, 0.25) is 0 Å². The molecule has 0 aromatic carbocycles. The molecule has 0 fully saturated rings. The minimum Gasteiger partial charge on any atom is -0.351 e. The summed E-state index contributed by atoms with van der Waals surface area (Å²) in [5, 5.41) is 0. The monoisotopic (exact) mass is 323 g/mol. The fourth-order valence-electron chi connectivity index (χ4n) is 0.957. The van der Waals surface area contributed by atoms with Crippen LogP contribution in [0.1, 0.15) is 27.7 Å². The molecule has 0 aliphatic rings. The molecule has 120 valence electrons. The van der Waals surface area contributed by atoms with Crippen LogP contribution in [0.4, 0.5) is 0 Å². The zero-order valence-corrected chi connectivity index (χ0v) is 13.6. The van der Waals surface area contributed by atoms with Gasteiger partial charge in [0.05, 0.1) is 0 Å². The largest absolute Gasteiger partial charge is 0.679 e. The molecular weight excluding hydrogens is 298 g/mol. The van der Waals surface area contributed by atoms with Crippen LogP contribution in [0.3, 0.4) is 0 Å². The van der Waals surface area contributed by atoms with E-state index in [0.717, 1.165) is 0 Å². The van der Waals surface area contributed by atoms with E-state index in [9.17, 15) is 0 Å². The average Bonchev–Trinajstić information content (AvgIpc) is 2.16. The van der Waals surface area contributed by atoms with Gasteiger partial charge in [0, 0.05) is 26.4 Å². The summed E-state index contributed by atoms with van der Waals surface area (Å²) in [5.41, 5.74) is 0. The van der Waals surface area contributed by atoms with E-state index in [1.165, 1.54) is 0 Å². The first-order valence-electron chi connectivity index (χ1n) is 5.50. The van der Waals surface area contributed by atoms with Gasteiger partial charge in [-0.3, -0.25) is 9.11 Å². The van der Waals surface area contributed by atoms with Gasteiger partial charge in [-0.15, -0.1) is 0 Å². The Bertz CT molecular complexity index is 249. The van der Waals surface area contributed by atoms with Crippen molar-refractivity contribution in [1.29, 1.82) is 0 Å². The highest BCUT2D eigenvalue weighted by molar-refractivity contribution is 7.79. The lowest BCUT2D eigenvalue weighted by atomic mass is 10.9. The second-order valence-electron chi connectivity index (χ2n) is 2.68. The minimum atomic E-state index is -4.67. The first kappa shape index (κ1) is 23.9. The lowest BCUT2D eigenvalue weighted by Gasteiger charge is -2.26. The molecule has 0 aromatic rings. The molecule has 0 radical (unpaired) electrons. The summed E-state index contributed by atoms with van der Waals surface area (Å²) in [6.07, 6.45) is 0. The van der Waals surface area contributed by atoms with Crippen LogP contribution in [-0.4, -0.2) is 53.0 Å². The average molecular weight is 323 g/mol. The second-order valence-corrected chi connectivity index (χ2v) is 5.73. The maximum atomic E-state index is 8.74. The van der Waals surface area contributed by atoms with Gasteiger partial charge in [0.15, 0.2) is 0 Å². The Balaban J connectivity index is -0.000000366. The molecule has 0 saturated carbocycles. The van der Waals surface area contributed by atoms with E-state index in [4.69, 9.17) is 35.2 Å². The molecule has 0 amide bonds. The first-order chi connectivity index (χ1) is 8.24. The second kappa shape index (κ2) is 12.9. The van der Waals surface area contributed by atoms with Crippen molar-refractivity contribution in [2.75, 3.05) is 26.4 Å². The summed E-state index contributed by atoms with van der Waals surface area (Å²) in [4.78, 5) is 0. The predicted molar refractivity (Wildman–Crippen MR) is 71.5 cm³/mol. The molecule has 9 nitrogen and oxygen atoms in total. The van der Waals surface area contributed by atoms with Crippen molar-refractivity contribution in [3.63, 3.8) is 0 Å². The van der Waals surface area contributed by atoms with E-state index < -0.39 is 19.4 Å². The third-order valence-electron chi connectivity index (χ3n) is 1.28. The highest BCUT2D eigenvalue weighted by Crippen LogP contribution is 2.11. The van der Waals surface area contributed by atoms with Crippen LogP contribution in [0.15, 0.2) is 0 Å². The molecule has 0 spiro atoms. The van der Waals surface area contributed by atoms with Crippen molar-refractivity contribution in [3.05, 3.63) is 0 Å². The van der Waals surface area contributed by atoms with Gasteiger partial charge in [0.25, 0.3) is 0 Å². The van der Waals surface area contributed by atoms with E-state index in [1.54, 1.807) is 0 Å². The summed E-state index contributed by atoms with van der Waals surface area (Å²) in [5.74, 6) is 0. The van der Waals surface area contributed by atoms with Crippen molar-refractivity contribution in [2.45, 2.75) is 27.7 Å². The van der Waals surface area contributed by atoms with Crippen LogP contribution in [0.25, 0.3) is 0 Å². The first-order valence-corrected chi connectivity index (χ1v) is 8.53. The molecule has 5 N–H and O–H groups in total. The van der Waals surface area contributed by atoms with Gasteiger partial charge < -0.3 is 23.9 Å². The molecule has 0 saturated heterocycles. The Kier molecular flexibility index (Phi) is 16.3. The van der Waals surface area contributed by atoms with Crippen molar-refractivity contribution < 1.29 is 35.2 Å². The summed E-state index contributed by atoms with van der Waals surface area (Å²) in [6.45, 7) is 9.80. The van der Waals surface area contributed by atoms with Gasteiger partial charge in [0.1, 0.15) is 0 Å². The molecule has 0 heterocycles. The van der Waals surface area contributed by atoms with E-state index >= 15 is 0 Å². The van der Waals surface area contributed by atoms with E-state index in [2.05, 4.69) is 0 Å². The molecule has 0 rings (SSSR count). The number of hydrogen-bond acceptors (Lipinski definition) is 7. The van der Waals surface area contributed by atoms with Crippen LogP contribution in [0.2, 0.25) is 0 Å². The molecular formula is C8H25NO8SSi. The van der Waals surface area contributed by atoms with Crippen LogP contribution >= 0.6 is 0 Å². The standard InChI is InChI=1S/C8H20O4Si.H3N.H2O4S/c1-5-9-13(10-6-2,11-7-3)12-8-4;;1-5(2,3)4/h5-8H2,1-4H3;1H3;(H2,1,2,3,4). The van der Waals surface area contributed by atoms with Crippen LogP contribution in [-0.2, 0) is 28.1 Å². The normalized spacial score (nSPS) is 11.3. The maximum Gasteiger partial charge on any atom is 0.679 e. The molecule has 11 heteroatoms. The highest BCUT2D eigenvalue weighted by Gasteiger charge is 2.44. The third kappa shape index (κ3) is 17.9. The summed E-state index contributed by atoms with van der Waals surface area (Å²) in [7, 11) is -7.46. The van der Waals surface area contributed by atoms with Gasteiger partial charge in [-0.1, -0.05) is 0 Å². The molecule has 0 atom stereocenters. The van der Waals surface area contributed by atoms with E-state index in [0.29, 0.717) is 26.4 Å². The lowest BCUT2D eigenvalue weighted by molar-refractivity contribution is -0.0247. The van der Waals surface area contributed by atoms with Crippen molar-refractivity contribution >= 4 is 19.4 Å². The fraction of sp³-hybridized carbons (Fsp3) is 1.00. The van der Waals surface area contributed by atoms with Gasteiger partial charge in [-0.25, -0.2) is 0 Å². The lowest BCUT2D eigenvalue weighted by Crippen LogP contribution is -2.49. The molecule has 0 bridgehead atoms. The van der Waals surface area contributed by atoms with Crippen LogP contribution < -0.4 is 6.15 Å². The minimum absolute atomic E-state index is 0. The zero-order chi connectivity index (χ0) is 14.7. The Morgan fingerprint density at radius 3 is 1.05 bits per heavy atom.